The van der Waals surface area contributed by atoms with E-state index in [1.807, 2.05) is 0 Å². The Hall–Kier alpha value is -0.830. The van der Waals surface area contributed by atoms with E-state index in [9.17, 15) is 0 Å². The van der Waals surface area contributed by atoms with Crippen molar-refractivity contribution in [3.63, 3.8) is 0 Å². The summed E-state index contributed by atoms with van der Waals surface area (Å²) >= 11 is 6.15. The molecule has 16 heavy (non-hydrogen) atoms. The monoisotopic (exact) mass is 239 g/mol. The normalized spacial score (nSPS) is 16.5. The second-order valence-electron chi connectivity index (χ2n) is 4.26. The first-order valence-corrected chi connectivity index (χ1v) is 6.45. The van der Waals surface area contributed by atoms with E-state index in [1.54, 1.807) is 6.33 Å². The summed E-state index contributed by atoms with van der Waals surface area (Å²) in [5.41, 5.74) is 1.12. The highest BCUT2D eigenvalue weighted by molar-refractivity contribution is 6.30. The van der Waals surface area contributed by atoms with Crippen LogP contribution in [0.3, 0.4) is 0 Å². The highest BCUT2D eigenvalue weighted by Gasteiger charge is 2.17. The van der Waals surface area contributed by atoms with Crippen molar-refractivity contribution >= 4 is 17.4 Å². The zero-order valence-corrected chi connectivity index (χ0v) is 10.5. The molecule has 0 amide bonds. The highest BCUT2D eigenvalue weighted by atomic mass is 35.5. The topological polar surface area (TPSA) is 29.0 Å². The van der Waals surface area contributed by atoms with E-state index in [4.69, 9.17) is 11.6 Å². The summed E-state index contributed by atoms with van der Waals surface area (Å²) < 4.78 is 0. The Labute approximate surface area is 102 Å². The average molecular weight is 240 g/mol. The van der Waals surface area contributed by atoms with Crippen LogP contribution in [0, 0.1) is 0 Å². The minimum atomic E-state index is 0.623. The maximum Gasteiger partial charge on any atom is 0.137 e. The first-order valence-electron chi connectivity index (χ1n) is 6.07. The fraction of sp³-hybridized carbons (Fsp3) is 0.667. The molecular formula is C12H18ClN3. The van der Waals surface area contributed by atoms with Crippen LogP contribution in [0.2, 0.25) is 5.15 Å². The van der Waals surface area contributed by atoms with Gasteiger partial charge in [0.2, 0.25) is 0 Å². The van der Waals surface area contributed by atoms with Gasteiger partial charge in [0.25, 0.3) is 0 Å². The van der Waals surface area contributed by atoms with Gasteiger partial charge in [-0.25, -0.2) is 9.97 Å². The largest absolute Gasteiger partial charge is 0.356 e. The zero-order chi connectivity index (χ0) is 11.4. The molecule has 1 aliphatic heterocycles. The van der Waals surface area contributed by atoms with Gasteiger partial charge in [0.15, 0.2) is 0 Å². The molecule has 1 aromatic rings. The molecule has 3 nitrogen and oxygen atoms in total. The molecule has 0 unspecified atom stereocenters. The molecule has 1 aliphatic rings. The maximum absolute atomic E-state index is 6.15. The standard InChI is InChI=1S/C12H18ClN3/c1-2-6-10-11(13)14-9-15-12(10)16-7-4-3-5-8-16/h9H,2-8H2,1H3. The third kappa shape index (κ3) is 2.46. The second-order valence-corrected chi connectivity index (χ2v) is 4.62. The van der Waals surface area contributed by atoms with Crippen molar-refractivity contribution in [3.05, 3.63) is 17.0 Å². The summed E-state index contributed by atoms with van der Waals surface area (Å²) in [7, 11) is 0. The summed E-state index contributed by atoms with van der Waals surface area (Å²) in [6.07, 6.45) is 7.46. The lowest BCUT2D eigenvalue weighted by molar-refractivity contribution is 0.570. The van der Waals surface area contributed by atoms with Crippen LogP contribution in [-0.4, -0.2) is 23.1 Å². The van der Waals surface area contributed by atoms with Crippen LogP contribution < -0.4 is 4.90 Å². The Kier molecular flexibility index (Phi) is 3.99. The van der Waals surface area contributed by atoms with Gasteiger partial charge < -0.3 is 4.90 Å². The molecule has 1 saturated heterocycles. The van der Waals surface area contributed by atoms with E-state index in [0.29, 0.717) is 5.15 Å². The van der Waals surface area contributed by atoms with Crippen molar-refractivity contribution in [1.29, 1.82) is 0 Å². The van der Waals surface area contributed by atoms with Crippen LogP contribution >= 0.6 is 11.6 Å². The van der Waals surface area contributed by atoms with E-state index in [0.717, 1.165) is 37.3 Å². The van der Waals surface area contributed by atoms with Gasteiger partial charge in [0.05, 0.1) is 0 Å². The van der Waals surface area contributed by atoms with Gasteiger partial charge in [-0.15, -0.1) is 0 Å². The number of rotatable bonds is 3. The Bertz CT molecular complexity index is 348. The van der Waals surface area contributed by atoms with Crippen LogP contribution in [0.4, 0.5) is 5.82 Å². The molecule has 0 aliphatic carbocycles. The Morgan fingerprint density at radius 2 is 2.00 bits per heavy atom. The fourth-order valence-corrected chi connectivity index (χ4v) is 2.45. The molecule has 0 saturated carbocycles. The molecule has 0 N–H and O–H groups in total. The Morgan fingerprint density at radius 1 is 1.25 bits per heavy atom. The van der Waals surface area contributed by atoms with E-state index in [2.05, 4.69) is 21.8 Å². The van der Waals surface area contributed by atoms with Gasteiger partial charge >= 0.3 is 0 Å². The summed E-state index contributed by atoms with van der Waals surface area (Å²) in [4.78, 5) is 10.8. The van der Waals surface area contributed by atoms with E-state index in [-0.39, 0.29) is 0 Å². The van der Waals surface area contributed by atoms with E-state index < -0.39 is 0 Å². The van der Waals surface area contributed by atoms with Crippen molar-refractivity contribution in [2.24, 2.45) is 0 Å². The lowest BCUT2D eigenvalue weighted by Gasteiger charge is -2.29. The van der Waals surface area contributed by atoms with Crippen molar-refractivity contribution in [2.75, 3.05) is 18.0 Å². The highest BCUT2D eigenvalue weighted by Crippen LogP contribution is 2.26. The third-order valence-corrected chi connectivity index (χ3v) is 3.35. The van der Waals surface area contributed by atoms with Gasteiger partial charge in [-0.1, -0.05) is 24.9 Å². The summed E-state index contributed by atoms with van der Waals surface area (Å²) in [5.74, 6) is 1.06. The van der Waals surface area contributed by atoms with Gasteiger partial charge in [-0.3, -0.25) is 0 Å². The van der Waals surface area contributed by atoms with E-state index in [1.165, 1.54) is 19.3 Å². The molecule has 0 radical (unpaired) electrons. The number of aromatic nitrogens is 2. The van der Waals surface area contributed by atoms with Gasteiger partial charge in [0, 0.05) is 18.7 Å². The van der Waals surface area contributed by atoms with Gasteiger partial charge in [-0.2, -0.15) is 0 Å². The lowest BCUT2D eigenvalue weighted by atomic mass is 10.1. The number of hydrogen-bond donors (Lipinski definition) is 0. The molecule has 0 atom stereocenters. The second kappa shape index (κ2) is 5.48. The minimum absolute atomic E-state index is 0.623. The number of piperidine rings is 1. The summed E-state index contributed by atoms with van der Waals surface area (Å²) in [5, 5.41) is 0.623. The van der Waals surface area contributed by atoms with Crippen LogP contribution in [-0.2, 0) is 6.42 Å². The van der Waals surface area contributed by atoms with Crippen molar-refractivity contribution < 1.29 is 0 Å². The fourth-order valence-electron chi connectivity index (χ4n) is 2.23. The predicted octanol–water partition coefficient (Wildman–Crippen LogP) is 3.07. The molecule has 1 fully saturated rings. The minimum Gasteiger partial charge on any atom is -0.356 e. The number of hydrogen-bond acceptors (Lipinski definition) is 3. The van der Waals surface area contributed by atoms with Crippen LogP contribution in [0.1, 0.15) is 38.2 Å². The van der Waals surface area contributed by atoms with E-state index >= 15 is 0 Å². The molecular weight excluding hydrogens is 222 g/mol. The first-order chi connectivity index (χ1) is 7.83. The smallest absolute Gasteiger partial charge is 0.137 e. The van der Waals surface area contributed by atoms with Crippen LogP contribution in [0.5, 0.6) is 0 Å². The maximum atomic E-state index is 6.15. The predicted molar refractivity (Wildman–Crippen MR) is 67.1 cm³/mol. The summed E-state index contributed by atoms with van der Waals surface area (Å²) in [6, 6.07) is 0. The Morgan fingerprint density at radius 3 is 2.69 bits per heavy atom. The van der Waals surface area contributed by atoms with Crippen LogP contribution in [0.25, 0.3) is 0 Å². The van der Waals surface area contributed by atoms with Gasteiger partial charge in [0.1, 0.15) is 17.3 Å². The van der Waals surface area contributed by atoms with Crippen LogP contribution in [0.15, 0.2) is 6.33 Å². The van der Waals surface area contributed by atoms with Crippen molar-refractivity contribution in [2.45, 2.75) is 39.0 Å². The lowest BCUT2D eigenvalue weighted by Crippen LogP contribution is -2.31. The Balaban J connectivity index is 2.27. The molecule has 88 valence electrons. The SMILES string of the molecule is CCCc1c(Cl)ncnc1N1CCCCC1. The van der Waals surface area contributed by atoms with Crippen molar-refractivity contribution in [3.8, 4) is 0 Å². The van der Waals surface area contributed by atoms with Crippen molar-refractivity contribution in [1.82, 2.24) is 9.97 Å². The molecule has 1 aromatic heterocycles. The number of nitrogens with zero attached hydrogens (tertiary/aromatic N) is 3. The third-order valence-electron chi connectivity index (χ3n) is 3.03. The first kappa shape index (κ1) is 11.6. The number of halogens is 1. The van der Waals surface area contributed by atoms with Gasteiger partial charge in [-0.05, 0) is 25.7 Å². The molecule has 2 rings (SSSR count). The molecule has 4 heteroatoms. The molecule has 0 bridgehead atoms. The number of anilines is 1. The average Bonchev–Trinajstić information content (AvgIpc) is 2.33. The zero-order valence-electron chi connectivity index (χ0n) is 9.75. The molecule has 0 spiro atoms. The molecule has 0 aromatic carbocycles. The molecule has 2 heterocycles. The quantitative estimate of drug-likeness (QED) is 0.760. The summed E-state index contributed by atoms with van der Waals surface area (Å²) in [6.45, 7) is 4.36.